The van der Waals surface area contributed by atoms with Crippen molar-refractivity contribution < 1.29 is 13.9 Å². The fourth-order valence-electron chi connectivity index (χ4n) is 3.17. The summed E-state index contributed by atoms with van der Waals surface area (Å²) >= 11 is 0. The molecule has 144 valence electrons. The Morgan fingerprint density at radius 3 is 2.54 bits per heavy atom. The molecule has 3 aromatic rings. The molecule has 0 saturated carbocycles. The molecular weight excluding hydrogens is 361 g/mol. The van der Waals surface area contributed by atoms with Gasteiger partial charge in [-0.2, -0.15) is 0 Å². The number of hydrogen-bond donors (Lipinski definition) is 1. The molecule has 6 nitrogen and oxygen atoms in total. The normalized spacial score (nSPS) is 14.0. The maximum absolute atomic E-state index is 13.1. The third-order valence-electron chi connectivity index (χ3n) is 5.01. The number of ether oxygens (including phenoxy) is 1. The molecule has 1 amide bonds. The van der Waals surface area contributed by atoms with Gasteiger partial charge in [-0.15, -0.1) is 0 Å². The van der Waals surface area contributed by atoms with Crippen LogP contribution in [0, 0.1) is 12.7 Å². The van der Waals surface area contributed by atoms with E-state index in [0.29, 0.717) is 24.5 Å². The van der Waals surface area contributed by atoms with Crippen LogP contribution in [0.4, 0.5) is 4.39 Å². The van der Waals surface area contributed by atoms with Crippen LogP contribution >= 0.6 is 0 Å². The van der Waals surface area contributed by atoms with E-state index in [4.69, 9.17) is 4.74 Å². The summed E-state index contributed by atoms with van der Waals surface area (Å²) in [6, 6.07) is 11.1. The van der Waals surface area contributed by atoms with Crippen molar-refractivity contribution in [3.05, 3.63) is 76.2 Å². The van der Waals surface area contributed by atoms with E-state index in [1.54, 1.807) is 40.9 Å². The molecule has 1 aromatic carbocycles. The lowest BCUT2D eigenvalue weighted by Crippen LogP contribution is -2.56. The van der Waals surface area contributed by atoms with Crippen molar-refractivity contribution in [2.24, 2.45) is 7.05 Å². The Morgan fingerprint density at radius 1 is 1.14 bits per heavy atom. The minimum atomic E-state index is -0.298. The molecule has 3 heterocycles. The van der Waals surface area contributed by atoms with E-state index in [1.165, 1.54) is 18.2 Å². The van der Waals surface area contributed by atoms with Crippen molar-refractivity contribution in [2.45, 2.75) is 13.0 Å². The van der Waals surface area contributed by atoms with Crippen LogP contribution in [0.15, 0.2) is 53.5 Å². The van der Waals surface area contributed by atoms with E-state index in [-0.39, 0.29) is 23.4 Å². The number of aromatic amines is 1. The van der Waals surface area contributed by atoms with Crippen molar-refractivity contribution in [3.8, 4) is 16.9 Å². The first-order chi connectivity index (χ1) is 13.4. The zero-order valence-corrected chi connectivity index (χ0v) is 15.6. The summed E-state index contributed by atoms with van der Waals surface area (Å²) in [6.07, 6.45) is 1.60. The molecule has 0 atom stereocenters. The Bertz CT molecular complexity index is 1080. The van der Waals surface area contributed by atoms with Gasteiger partial charge in [0.2, 0.25) is 0 Å². The number of likely N-dealkylation sites (tertiary alicyclic amines) is 1. The number of benzene rings is 1. The molecule has 1 fully saturated rings. The van der Waals surface area contributed by atoms with Crippen LogP contribution in [-0.4, -0.2) is 39.6 Å². The van der Waals surface area contributed by atoms with Gasteiger partial charge in [0.05, 0.1) is 13.1 Å². The van der Waals surface area contributed by atoms with Crippen molar-refractivity contribution in [1.82, 2.24) is 14.5 Å². The Balaban J connectivity index is 1.38. The number of H-pyrrole nitrogens is 1. The van der Waals surface area contributed by atoms with Gasteiger partial charge in [0.1, 0.15) is 23.4 Å². The standard InChI is InChI=1S/C21H20FN3O3/c1-13-7-17(9-20(26)24(13)2)28-18-11-25(12-18)21(27)19-8-15(10-23-19)14-3-5-16(22)6-4-14/h3-10,18,23H,11-12H2,1-2H3. The van der Waals surface area contributed by atoms with Gasteiger partial charge in [-0.25, -0.2) is 4.39 Å². The second-order valence-electron chi connectivity index (χ2n) is 6.99. The largest absolute Gasteiger partial charge is 0.486 e. The fraction of sp³-hybridized carbons (Fsp3) is 0.238. The third kappa shape index (κ3) is 3.43. The summed E-state index contributed by atoms with van der Waals surface area (Å²) < 4.78 is 20.4. The number of pyridine rings is 1. The number of nitrogens with one attached hydrogen (secondary N) is 1. The second kappa shape index (κ2) is 6.99. The Morgan fingerprint density at radius 2 is 1.86 bits per heavy atom. The topological polar surface area (TPSA) is 67.3 Å². The van der Waals surface area contributed by atoms with E-state index in [9.17, 15) is 14.0 Å². The van der Waals surface area contributed by atoms with Gasteiger partial charge < -0.3 is 19.2 Å². The highest BCUT2D eigenvalue weighted by Gasteiger charge is 2.33. The maximum atomic E-state index is 13.1. The molecule has 0 bridgehead atoms. The minimum Gasteiger partial charge on any atom is -0.486 e. The molecule has 1 N–H and O–H groups in total. The average Bonchev–Trinajstić information content (AvgIpc) is 3.12. The first-order valence-electron chi connectivity index (χ1n) is 8.98. The van der Waals surface area contributed by atoms with E-state index in [2.05, 4.69) is 4.98 Å². The van der Waals surface area contributed by atoms with Gasteiger partial charge in [0.25, 0.3) is 11.5 Å². The van der Waals surface area contributed by atoms with Gasteiger partial charge in [-0.05, 0) is 42.3 Å². The highest BCUT2D eigenvalue weighted by molar-refractivity contribution is 5.94. The number of carbonyl (C=O) groups is 1. The Labute approximate surface area is 161 Å². The monoisotopic (exact) mass is 381 g/mol. The molecule has 2 aromatic heterocycles. The van der Waals surface area contributed by atoms with Crippen LogP contribution in [0.5, 0.6) is 5.75 Å². The molecule has 1 aliphatic rings. The summed E-state index contributed by atoms with van der Waals surface area (Å²) in [5, 5.41) is 0. The van der Waals surface area contributed by atoms with Crippen LogP contribution in [0.2, 0.25) is 0 Å². The molecule has 1 saturated heterocycles. The molecule has 1 aliphatic heterocycles. The zero-order chi connectivity index (χ0) is 19.8. The molecule has 7 heteroatoms. The molecule has 0 radical (unpaired) electrons. The average molecular weight is 381 g/mol. The Hall–Kier alpha value is -3.35. The van der Waals surface area contributed by atoms with Crippen LogP contribution in [-0.2, 0) is 7.05 Å². The number of carbonyl (C=O) groups excluding carboxylic acids is 1. The van der Waals surface area contributed by atoms with E-state index in [0.717, 1.165) is 16.8 Å². The van der Waals surface area contributed by atoms with Crippen molar-refractivity contribution in [2.75, 3.05) is 13.1 Å². The number of rotatable bonds is 4. The molecule has 0 spiro atoms. The number of aryl methyl sites for hydroxylation is 1. The quantitative estimate of drug-likeness (QED) is 0.756. The SMILES string of the molecule is Cc1cc(OC2CN(C(=O)c3cc(-c4ccc(F)cc4)c[nH]3)C2)cc(=O)n1C. The number of aromatic nitrogens is 2. The van der Waals surface area contributed by atoms with Gasteiger partial charge in [-0.3, -0.25) is 9.59 Å². The lowest BCUT2D eigenvalue weighted by atomic mass is 10.1. The van der Waals surface area contributed by atoms with Gasteiger partial charge in [0.15, 0.2) is 0 Å². The van der Waals surface area contributed by atoms with Crippen molar-refractivity contribution in [3.63, 3.8) is 0 Å². The third-order valence-corrected chi connectivity index (χ3v) is 5.01. The van der Waals surface area contributed by atoms with Crippen LogP contribution < -0.4 is 10.3 Å². The van der Waals surface area contributed by atoms with Gasteiger partial charge >= 0.3 is 0 Å². The van der Waals surface area contributed by atoms with E-state index >= 15 is 0 Å². The van der Waals surface area contributed by atoms with Gasteiger partial charge in [-0.1, -0.05) is 12.1 Å². The zero-order valence-electron chi connectivity index (χ0n) is 15.6. The van der Waals surface area contributed by atoms with Crippen LogP contribution in [0.25, 0.3) is 11.1 Å². The highest BCUT2D eigenvalue weighted by atomic mass is 19.1. The summed E-state index contributed by atoms with van der Waals surface area (Å²) in [6.45, 7) is 2.75. The predicted molar refractivity (Wildman–Crippen MR) is 103 cm³/mol. The van der Waals surface area contributed by atoms with Crippen molar-refractivity contribution in [1.29, 1.82) is 0 Å². The lowest BCUT2D eigenvalue weighted by Gasteiger charge is -2.38. The summed E-state index contributed by atoms with van der Waals surface area (Å²) in [5.74, 6) is 0.109. The second-order valence-corrected chi connectivity index (χ2v) is 6.99. The molecule has 0 unspecified atom stereocenters. The number of amides is 1. The first-order valence-corrected chi connectivity index (χ1v) is 8.98. The molecule has 4 rings (SSSR count). The van der Waals surface area contributed by atoms with Gasteiger partial charge in [0, 0.05) is 25.0 Å². The Kier molecular flexibility index (Phi) is 4.50. The van der Waals surface area contributed by atoms with E-state index < -0.39 is 0 Å². The number of halogens is 1. The summed E-state index contributed by atoms with van der Waals surface area (Å²) in [5.41, 5.74) is 2.83. The minimum absolute atomic E-state index is 0.117. The fourth-order valence-corrected chi connectivity index (χ4v) is 3.17. The summed E-state index contributed by atoms with van der Waals surface area (Å²) in [4.78, 5) is 29.1. The molecular formula is C21H20FN3O3. The summed E-state index contributed by atoms with van der Waals surface area (Å²) in [7, 11) is 1.71. The number of hydrogen-bond acceptors (Lipinski definition) is 3. The smallest absolute Gasteiger partial charge is 0.270 e. The number of nitrogens with zero attached hydrogens (tertiary/aromatic N) is 2. The van der Waals surface area contributed by atoms with Crippen LogP contribution in [0.1, 0.15) is 16.2 Å². The first kappa shape index (κ1) is 18.0. The maximum Gasteiger partial charge on any atom is 0.270 e. The molecule has 0 aliphatic carbocycles. The van der Waals surface area contributed by atoms with Crippen molar-refractivity contribution >= 4 is 5.91 Å². The molecule has 28 heavy (non-hydrogen) atoms. The lowest BCUT2D eigenvalue weighted by molar-refractivity contribution is 0.0173. The van der Waals surface area contributed by atoms with Crippen LogP contribution in [0.3, 0.4) is 0 Å². The highest BCUT2D eigenvalue weighted by Crippen LogP contribution is 2.23. The van der Waals surface area contributed by atoms with E-state index in [1.807, 2.05) is 13.0 Å². The predicted octanol–water partition coefficient (Wildman–Crippen LogP) is 2.73.